The van der Waals surface area contributed by atoms with E-state index in [2.05, 4.69) is 0 Å². The van der Waals surface area contributed by atoms with Gasteiger partial charge in [-0.1, -0.05) is 108 Å². The molecule has 0 saturated carbocycles. The summed E-state index contributed by atoms with van der Waals surface area (Å²) >= 11 is 12.4. The Bertz CT molecular complexity index is 1210. The molecule has 0 saturated heterocycles. The van der Waals surface area contributed by atoms with Crippen molar-refractivity contribution in [2.75, 3.05) is 6.54 Å². The zero-order valence-corrected chi connectivity index (χ0v) is 20.0. The minimum absolute atomic E-state index is 0.0919. The van der Waals surface area contributed by atoms with Crippen LogP contribution in [0.5, 0.6) is 0 Å². The quantitative estimate of drug-likeness (QED) is 0.249. The summed E-state index contributed by atoms with van der Waals surface area (Å²) < 4.78 is 14.6. The number of benzene rings is 4. The van der Waals surface area contributed by atoms with Crippen molar-refractivity contribution in [1.82, 2.24) is 4.90 Å². The molecule has 0 atom stereocenters. The lowest BCUT2D eigenvalue weighted by Crippen LogP contribution is -2.37. The zero-order chi connectivity index (χ0) is 23.9. The first-order valence-electron chi connectivity index (χ1n) is 11.1. The number of amides is 1. The highest BCUT2D eigenvalue weighted by molar-refractivity contribution is 6.35. The Balaban J connectivity index is 1.69. The van der Waals surface area contributed by atoms with E-state index in [1.165, 1.54) is 6.07 Å². The van der Waals surface area contributed by atoms with Gasteiger partial charge >= 0.3 is 0 Å². The molecule has 0 aliphatic heterocycles. The Morgan fingerprint density at radius 2 is 1.35 bits per heavy atom. The summed E-state index contributed by atoms with van der Waals surface area (Å²) in [6, 6.07) is 31.2. The van der Waals surface area contributed by atoms with Crippen LogP contribution in [0.1, 0.15) is 28.2 Å². The third-order valence-corrected chi connectivity index (χ3v) is 6.40. The average Bonchev–Trinajstić information content (AvgIpc) is 2.85. The SMILES string of the molecule is O=C(C(c1ccccc1)c1ccccc1)N(CCc1ccc(Cl)cc1Cl)Cc1ccccc1F. The molecule has 0 aliphatic rings. The van der Waals surface area contributed by atoms with Crippen molar-refractivity contribution in [2.24, 2.45) is 0 Å². The molecule has 0 heterocycles. The molecule has 1 amide bonds. The number of nitrogens with zero attached hydrogens (tertiary/aromatic N) is 1. The maximum Gasteiger partial charge on any atom is 0.234 e. The molecule has 0 fully saturated rings. The summed E-state index contributed by atoms with van der Waals surface area (Å²) in [5.41, 5.74) is 3.13. The summed E-state index contributed by atoms with van der Waals surface area (Å²) in [7, 11) is 0. The van der Waals surface area contributed by atoms with E-state index in [0.29, 0.717) is 28.6 Å². The number of hydrogen-bond donors (Lipinski definition) is 0. The Hall–Kier alpha value is -3.14. The average molecular weight is 492 g/mol. The van der Waals surface area contributed by atoms with Gasteiger partial charge < -0.3 is 4.90 Å². The number of carbonyl (C=O) groups is 1. The van der Waals surface area contributed by atoms with Crippen LogP contribution in [-0.4, -0.2) is 17.4 Å². The van der Waals surface area contributed by atoms with E-state index >= 15 is 0 Å². The number of rotatable bonds is 8. The van der Waals surface area contributed by atoms with Crippen molar-refractivity contribution >= 4 is 29.1 Å². The van der Waals surface area contributed by atoms with Crippen LogP contribution in [-0.2, 0) is 17.8 Å². The van der Waals surface area contributed by atoms with Crippen LogP contribution in [0.15, 0.2) is 103 Å². The van der Waals surface area contributed by atoms with Gasteiger partial charge in [-0.2, -0.15) is 0 Å². The van der Waals surface area contributed by atoms with Gasteiger partial charge in [-0.3, -0.25) is 4.79 Å². The Morgan fingerprint density at radius 1 is 0.765 bits per heavy atom. The first kappa shape index (κ1) is 24.0. The van der Waals surface area contributed by atoms with Crippen molar-refractivity contribution in [3.05, 3.63) is 141 Å². The van der Waals surface area contributed by atoms with Gasteiger partial charge in [0.1, 0.15) is 5.82 Å². The molecule has 4 rings (SSSR count). The van der Waals surface area contributed by atoms with E-state index in [0.717, 1.165) is 16.7 Å². The summed E-state index contributed by atoms with van der Waals surface area (Å²) in [5, 5.41) is 1.11. The van der Waals surface area contributed by atoms with E-state index in [1.807, 2.05) is 66.7 Å². The van der Waals surface area contributed by atoms with Crippen LogP contribution < -0.4 is 0 Å². The van der Waals surface area contributed by atoms with Crippen molar-refractivity contribution in [1.29, 1.82) is 0 Å². The molecule has 2 nitrogen and oxygen atoms in total. The van der Waals surface area contributed by atoms with Gasteiger partial charge in [-0.15, -0.1) is 0 Å². The first-order chi connectivity index (χ1) is 16.5. The lowest BCUT2D eigenvalue weighted by molar-refractivity contribution is -0.132. The second-order valence-electron chi connectivity index (χ2n) is 8.09. The van der Waals surface area contributed by atoms with Gasteiger partial charge in [0.2, 0.25) is 5.91 Å². The van der Waals surface area contributed by atoms with E-state index in [-0.39, 0.29) is 18.3 Å². The second kappa shape index (κ2) is 11.3. The van der Waals surface area contributed by atoms with Crippen molar-refractivity contribution in [3.63, 3.8) is 0 Å². The van der Waals surface area contributed by atoms with Crippen LogP contribution in [0.2, 0.25) is 10.0 Å². The van der Waals surface area contributed by atoms with Crippen LogP contribution in [0, 0.1) is 5.82 Å². The number of halogens is 3. The molecule has 0 unspecified atom stereocenters. The summed E-state index contributed by atoms with van der Waals surface area (Å²) in [6.45, 7) is 0.539. The molecule has 4 aromatic rings. The highest BCUT2D eigenvalue weighted by atomic mass is 35.5. The van der Waals surface area contributed by atoms with Crippen molar-refractivity contribution < 1.29 is 9.18 Å². The third kappa shape index (κ3) is 5.85. The maximum absolute atomic E-state index is 14.6. The first-order valence-corrected chi connectivity index (χ1v) is 11.8. The van der Waals surface area contributed by atoms with Crippen LogP contribution in [0.4, 0.5) is 4.39 Å². The smallest absolute Gasteiger partial charge is 0.234 e. The maximum atomic E-state index is 14.6. The number of carbonyl (C=O) groups excluding carboxylic acids is 1. The molecule has 0 spiro atoms. The highest BCUT2D eigenvalue weighted by Gasteiger charge is 2.28. The Morgan fingerprint density at radius 3 is 1.94 bits per heavy atom. The molecule has 34 heavy (non-hydrogen) atoms. The van der Waals surface area contributed by atoms with Gasteiger partial charge in [-0.05, 0) is 41.3 Å². The molecular formula is C29H24Cl2FNO. The molecule has 0 aromatic heterocycles. The minimum atomic E-state index is -0.505. The van der Waals surface area contributed by atoms with E-state index in [4.69, 9.17) is 23.2 Å². The topological polar surface area (TPSA) is 20.3 Å². The lowest BCUT2D eigenvalue weighted by atomic mass is 9.89. The monoisotopic (exact) mass is 491 g/mol. The number of hydrogen-bond acceptors (Lipinski definition) is 1. The van der Waals surface area contributed by atoms with Gasteiger partial charge in [0.05, 0.1) is 5.92 Å². The summed E-state index contributed by atoms with van der Waals surface area (Å²) in [6.07, 6.45) is 0.520. The minimum Gasteiger partial charge on any atom is -0.337 e. The molecule has 172 valence electrons. The molecule has 0 bridgehead atoms. The van der Waals surface area contributed by atoms with Gasteiger partial charge in [0.25, 0.3) is 0 Å². The van der Waals surface area contributed by atoms with E-state index < -0.39 is 5.92 Å². The molecule has 0 aliphatic carbocycles. The van der Waals surface area contributed by atoms with Crippen molar-refractivity contribution in [3.8, 4) is 0 Å². The van der Waals surface area contributed by atoms with Crippen LogP contribution >= 0.6 is 23.2 Å². The van der Waals surface area contributed by atoms with Crippen LogP contribution in [0.3, 0.4) is 0 Å². The normalized spacial score (nSPS) is 10.9. The zero-order valence-electron chi connectivity index (χ0n) is 18.5. The summed E-state index contributed by atoms with van der Waals surface area (Å²) in [5.74, 6) is -0.929. The Kier molecular flexibility index (Phi) is 7.99. The lowest BCUT2D eigenvalue weighted by Gasteiger charge is -2.28. The van der Waals surface area contributed by atoms with E-state index in [1.54, 1.807) is 35.2 Å². The van der Waals surface area contributed by atoms with Crippen molar-refractivity contribution in [2.45, 2.75) is 18.9 Å². The molecule has 0 N–H and O–H groups in total. The largest absolute Gasteiger partial charge is 0.337 e. The fourth-order valence-corrected chi connectivity index (χ4v) is 4.53. The molecule has 5 heteroatoms. The van der Waals surface area contributed by atoms with Gasteiger partial charge in [0.15, 0.2) is 0 Å². The predicted octanol–water partition coefficient (Wildman–Crippen LogP) is 7.54. The van der Waals surface area contributed by atoms with E-state index in [9.17, 15) is 9.18 Å². The van der Waals surface area contributed by atoms with Gasteiger partial charge in [0, 0.05) is 28.7 Å². The van der Waals surface area contributed by atoms with Gasteiger partial charge in [-0.25, -0.2) is 4.39 Å². The molecule has 0 radical (unpaired) electrons. The molecular weight excluding hydrogens is 468 g/mol. The predicted molar refractivity (Wildman–Crippen MR) is 137 cm³/mol. The standard InChI is InChI=1S/C29H24Cl2FNO/c30-25-16-15-21(26(31)19-25)17-18-33(20-24-13-7-8-14-27(24)32)29(34)28(22-9-3-1-4-10-22)23-11-5-2-6-12-23/h1-16,19,28H,17-18,20H2. The van der Waals surface area contributed by atoms with Crippen LogP contribution in [0.25, 0.3) is 0 Å². The highest BCUT2D eigenvalue weighted by Crippen LogP contribution is 2.29. The fourth-order valence-electron chi connectivity index (χ4n) is 4.03. The second-order valence-corrected chi connectivity index (χ2v) is 8.93. The third-order valence-electron chi connectivity index (χ3n) is 5.81. The molecule has 4 aromatic carbocycles. The summed E-state index contributed by atoms with van der Waals surface area (Å²) in [4.78, 5) is 15.8. The Labute approximate surface area is 209 Å². The fraction of sp³-hybridized carbons (Fsp3) is 0.138.